The first-order valence-electron chi connectivity index (χ1n) is 9.20. The van der Waals surface area contributed by atoms with Crippen molar-refractivity contribution in [2.45, 2.75) is 36.4 Å². The lowest BCUT2D eigenvalue weighted by Gasteiger charge is -2.16. The fraction of sp³-hybridized carbons (Fsp3) is 0.273. The molecule has 138 valence electrons. The van der Waals surface area contributed by atoms with Crippen LogP contribution in [-0.2, 0) is 17.0 Å². The number of para-hydroxylation sites is 1. The number of aromatic nitrogens is 2. The summed E-state index contributed by atoms with van der Waals surface area (Å²) in [6.45, 7) is 5.13. The molecule has 27 heavy (non-hydrogen) atoms. The maximum Gasteiger partial charge on any atom is 0.262 e. The first-order chi connectivity index (χ1) is 13.2. The van der Waals surface area contributed by atoms with Gasteiger partial charge < -0.3 is 4.74 Å². The molecule has 1 fully saturated rings. The Morgan fingerprint density at radius 1 is 1.22 bits per heavy atom. The average Bonchev–Trinajstić information content (AvgIpc) is 3.22. The quantitative estimate of drug-likeness (QED) is 0.468. The number of rotatable bonds is 6. The first-order valence-corrected chi connectivity index (χ1v) is 10.2. The molecule has 4 nitrogen and oxygen atoms in total. The Kier molecular flexibility index (Phi) is 5.41. The van der Waals surface area contributed by atoms with Crippen molar-refractivity contribution in [2.75, 3.05) is 6.61 Å². The number of hydrogen-bond donors (Lipinski definition) is 0. The van der Waals surface area contributed by atoms with Gasteiger partial charge in [0, 0.05) is 12.4 Å². The van der Waals surface area contributed by atoms with Gasteiger partial charge in [0.15, 0.2) is 5.16 Å². The first kappa shape index (κ1) is 18.0. The Morgan fingerprint density at radius 2 is 2.04 bits per heavy atom. The highest BCUT2D eigenvalue weighted by Gasteiger charge is 2.20. The Labute approximate surface area is 162 Å². The smallest absolute Gasteiger partial charge is 0.262 e. The van der Waals surface area contributed by atoms with Crippen molar-refractivity contribution in [3.05, 3.63) is 76.6 Å². The van der Waals surface area contributed by atoms with Crippen LogP contribution in [0.2, 0.25) is 0 Å². The van der Waals surface area contributed by atoms with Gasteiger partial charge in [-0.3, -0.25) is 9.36 Å². The molecule has 1 aliphatic rings. The van der Waals surface area contributed by atoms with Crippen LogP contribution in [0.5, 0.6) is 0 Å². The fourth-order valence-corrected chi connectivity index (χ4v) is 4.27. The van der Waals surface area contributed by atoms with Crippen LogP contribution < -0.4 is 5.56 Å². The molecule has 1 unspecified atom stereocenters. The summed E-state index contributed by atoms with van der Waals surface area (Å²) < 4.78 is 7.55. The van der Waals surface area contributed by atoms with Gasteiger partial charge in [0.25, 0.3) is 5.56 Å². The lowest BCUT2D eigenvalue weighted by Crippen LogP contribution is -2.28. The van der Waals surface area contributed by atoms with E-state index in [1.54, 1.807) is 16.3 Å². The Morgan fingerprint density at radius 3 is 2.78 bits per heavy atom. The average molecular weight is 378 g/mol. The largest absolute Gasteiger partial charge is 0.376 e. The fourth-order valence-electron chi connectivity index (χ4n) is 3.31. The van der Waals surface area contributed by atoms with E-state index in [4.69, 9.17) is 9.72 Å². The van der Waals surface area contributed by atoms with E-state index in [1.165, 1.54) is 5.56 Å². The molecule has 5 heteroatoms. The summed E-state index contributed by atoms with van der Waals surface area (Å²) in [5, 5.41) is 1.41. The van der Waals surface area contributed by atoms with Crippen molar-refractivity contribution < 1.29 is 4.74 Å². The molecule has 2 heterocycles. The third-order valence-electron chi connectivity index (χ3n) is 4.82. The molecule has 0 saturated carbocycles. The van der Waals surface area contributed by atoms with Crippen molar-refractivity contribution in [2.24, 2.45) is 0 Å². The maximum atomic E-state index is 13.1. The highest BCUT2D eigenvalue weighted by atomic mass is 32.2. The molecule has 1 atom stereocenters. The van der Waals surface area contributed by atoms with Crippen LogP contribution in [0.25, 0.3) is 17.0 Å². The Hall–Kier alpha value is -2.37. The van der Waals surface area contributed by atoms with Crippen molar-refractivity contribution in [3.63, 3.8) is 0 Å². The van der Waals surface area contributed by atoms with Gasteiger partial charge in [0.05, 0.1) is 23.6 Å². The van der Waals surface area contributed by atoms with E-state index in [9.17, 15) is 4.79 Å². The van der Waals surface area contributed by atoms with E-state index in [1.807, 2.05) is 30.3 Å². The van der Waals surface area contributed by atoms with Crippen LogP contribution in [0, 0.1) is 0 Å². The van der Waals surface area contributed by atoms with E-state index < -0.39 is 0 Å². The number of ether oxygens (including phenoxy) is 1. The molecular formula is C22H22N2O2S. The number of hydrogen-bond acceptors (Lipinski definition) is 4. The normalized spacial score (nSPS) is 16.7. The second kappa shape index (κ2) is 8.11. The van der Waals surface area contributed by atoms with Crippen molar-refractivity contribution >= 4 is 28.7 Å². The Balaban J connectivity index is 1.65. The molecule has 2 aromatic carbocycles. The molecule has 0 spiro atoms. The highest BCUT2D eigenvalue weighted by Crippen LogP contribution is 2.24. The number of thioether (sulfide) groups is 1. The summed E-state index contributed by atoms with van der Waals surface area (Å²) in [5.41, 5.74) is 3.05. The van der Waals surface area contributed by atoms with Crippen LogP contribution in [0.1, 0.15) is 24.0 Å². The summed E-state index contributed by atoms with van der Waals surface area (Å²) in [7, 11) is 0. The van der Waals surface area contributed by atoms with E-state index in [0.717, 1.165) is 41.4 Å². The molecule has 3 aromatic rings. The molecule has 0 amide bonds. The van der Waals surface area contributed by atoms with Gasteiger partial charge in [-0.25, -0.2) is 4.98 Å². The summed E-state index contributed by atoms with van der Waals surface area (Å²) in [6, 6.07) is 15.8. The van der Waals surface area contributed by atoms with Crippen LogP contribution >= 0.6 is 11.8 Å². The number of nitrogens with zero attached hydrogens (tertiary/aromatic N) is 2. The zero-order chi connectivity index (χ0) is 18.6. The van der Waals surface area contributed by atoms with Gasteiger partial charge in [-0.05, 0) is 36.1 Å². The zero-order valence-corrected chi connectivity index (χ0v) is 16.0. The van der Waals surface area contributed by atoms with E-state index in [0.29, 0.717) is 11.9 Å². The summed E-state index contributed by atoms with van der Waals surface area (Å²) in [5.74, 6) is 0.758. The topological polar surface area (TPSA) is 44.1 Å². The summed E-state index contributed by atoms with van der Waals surface area (Å²) in [6.07, 6.45) is 3.98. The molecule has 0 radical (unpaired) electrons. The predicted molar refractivity (Wildman–Crippen MR) is 111 cm³/mol. The molecule has 0 aliphatic carbocycles. The molecule has 4 rings (SSSR count). The maximum absolute atomic E-state index is 13.1. The molecule has 0 N–H and O–H groups in total. The number of fused-ring (bicyclic) bond motifs is 1. The third kappa shape index (κ3) is 3.99. The molecule has 0 bridgehead atoms. The number of benzene rings is 2. The van der Waals surface area contributed by atoms with Gasteiger partial charge in [-0.1, -0.05) is 60.8 Å². The zero-order valence-electron chi connectivity index (χ0n) is 15.1. The van der Waals surface area contributed by atoms with E-state index in [-0.39, 0.29) is 11.7 Å². The molecule has 1 saturated heterocycles. The van der Waals surface area contributed by atoms with Crippen LogP contribution in [-0.4, -0.2) is 22.3 Å². The molecule has 1 aromatic heterocycles. The summed E-state index contributed by atoms with van der Waals surface area (Å²) >= 11 is 1.60. The highest BCUT2D eigenvalue weighted by molar-refractivity contribution is 7.98. The van der Waals surface area contributed by atoms with E-state index >= 15 is 0 Å². The van der Waals surface area contributed by atoms with Gasteiger partial charge in [-0.15, -0.1) is 0 Å². The minimum Gasteiger partial charge on any atom is -0.376 e. The van der Waals surface area contributed by atoms with Gasteiger partial charge in [0.2, 0.25) is 0 Å². The second-order valence-corrected chi connectivity index (χ2v) is 7.64. The lowest BCUT2D eigenvalue weighted by atomic mass is 10.1. The monoisotopic (exact) mass is 378 g/mol. The second-order valence-electron chi connectivity index (χ2n) is 6.70. The standard InChI is InChI=1S/C22H22N2O2S/c1-2-16-9-11-17(12-10-16)15-27-22-23-20-8-4-3-7-19(20)21(25)24(22)14-18-6-5-13-26-18/h2-4,7-12,18H,1,5-6,13-15H2. The van der Waals surface area contributed by atoms with Crippen molar-refractivity contribution in [1.82, 2.24) is 9.55 Å². The molecule has 1 aliphatic heterocycles. The Bertz CT molecular complexity index is 1000. The van der Waals surface area contributed by atoms with Gasteiger partial charge in [-0.2, -0.15) is 0 Å². The SMILES string of the molecule is C=Cc1ccc(CSc2nc3ccccc3c(=O)n2CC2CCCO2)cc1. The van der Waals surface area contributed by atoms with E-state index in [2.05, 4.69) is 30.8 Å². The van der Waals surface area contributed by atoms with Crippen LogP contribution in [0.15, 0.2) is 65.1 Å². The van der Waals surface area contributed by atoms with Gasteiger partial charge in [0.1, 0.15) is 0 Å². The predicted octanol–water partition coefficient (Wildman–Crippen LogP) is 4.51. The lowest BCUT2D eigenvalue weighted by molar-refractivity contribution is 0.0937. The molecular weight excluding hydrogens is 356 g/mol. The van der Waals surface area contributed by atoms with Crippen LogP contribution in [0.4, 0.5) is 0 Å². The minimum absolute atomic E-state index is 0.0144. The van der Waals surface area contributed by atoms with Crippen LogP contribution in [0.3, 0.4) is 0 Å². The van der Waals surface area contributed by atoms with Crippen molar-refractivity contribution in [3.8, 4) is 0 Å². The summed E-state index contributed by atoms with van der Waals surface area (Å²) in [4.78, 5) is 17.9. The third-order valence-corrected chi connectivity index (χ3v) is 5.87. The van der Waals surface area contributed by atoms with Crippen molar-refractivity contribution in [1.29, 1.82) is 0 Å². The minimum atomic E-state index is 0.0144. The van der Waals surface area contributed by atoms with Gasteiger partial charge >= 0.3 is 0 Å².